The molecule has 0 unspecified atom stereocenters. The number of carbonyl (C=O) groups excluding carboxylic acids is 2. The maximum atomic E-state index is 13.0. The van der Waals surface area contributed by atoms with Crippen LogP contribution in [0, 0.1) is 13.8 Å². The number of ether oxygens (including phenoxy) is 2. The zero-order chi connectivity index (χ0) is 26.5. The van der Waals surface area contributed by atoms with Crippen LogP contribution in [0.5, 0.6) is 5.75 Å². The molecule has 0 saturated heterocycles. The van der Waals surface area contributed by atoms with Crippen molar-refractivity contribution in [3.05, 3.63) is 75.1 Å². The molecule has 36 heavy (non-hydrogen) atoms. The molecular formula is C28H33NO6S. The van der Waals surface area contributed by atoms with Gasteiger partial charge in [-0.2, -0.15) is 11.8 Å². The van der Waals surface area contributed by atoms with Gasteiger partial charge in [0.25, 0.3) is 0 Å². The summed E-state index contributed by atoms with van der Waals surface area (Å²) in [7, 11) is 0. The third kappa shape index (κ3) is 6.91. The minimum Gasteiger partial charge on any atom is -0.444 e. The molecule has 7 nitrogen and oxygen atoms in total. The molecule has 0 aliphatic carbocycles. The van der Waals surface area contributed by atoms with Gasteiger partial charge < -0.3 is 19.2 Å². The average Bonchev–Trinajstić information content (AvgIpc) is 2.81. The van der Waals surface area contributed by atoms with Crippen molar-refractivity contribution < 1.29 is 23.5 Å². The molecule has 0 saturated carbocycles. The summed E-state index contributed by atoms with van der Waals surface area (Å²) >= 11 is 1.55. The van der Waals surface area contributed by atoms with Gasteiger partial charge in [-0.25, -0.2) is 14.4 Å². The van der Waals surface area contributed by atoms with Crippen molar-refractivity contribution in [3.8, 4) is 5.75 Å². The minimum atomic E-state index is -0.885. The van der Waals surface area contributed by atoms with E-state index in [9.17, 15) is 14.4 Å². The molecule has 2 aromatic carbocycles. The van der Waals surface area contributed by atoms with E-state index in [-0.39, 0.29) is 5.75 Å². The topological polar surface area (TPSA) is 94.8 Å². The Hall–Kier alpha value is -3.26. The van der Waals surface area contributed by atoms with E-state index in [1.807, 2.05) is 43.5 Å². The summed E-state index contributed by atoms with van der Waals surface area (Å²) in [5.41, 5.74) is 2.24. The van der Waals surface area contributed by atoms with Gasteiger partial charge in [0.1, 0.15) is 23.0 Å². The van der Waals surface area contributed by atoms with Crippen LogP contribution in [-0.2, 0) is 16.0 Å². The highest BCUT2D eigenvalue weighted by Gasteiger charge is 2.27. The number of carbonyl (C=O) groups is 2. The summed E-state index contributed by atoms with van der Waals surface area (Å²) in [5, 5.41) is 3.39. The molecule has 1 aromatic heterocycles. The summed E-state index contributed by atoms with van der Waals surface area (Å²) < 4.78 is 16.7. The predicted molar refractivity (Wildman–Crippen MR) is 143 cm³/mol. The van der Waals surface area contributed by atoms with E-state index in [1.165, 1.54) is 0 Å². The standard InChI is InChI=1S/C28H33NO6S/c1-17-20-12-13-23(33-26(31)22(14-15-36-6)29-27(32)35-28(3,4)5)18(2)24(20)34-25(30)21(17)16-19-10-8-7-9-11-19/h7-13,22H,14-16H2,1-6H3,(H,29,32)/t22-/m1/s1. The lowest BCUT2D eigenvalue weighted by atomic mass is 9.98. The van der Waals surface area contributed by atoms with E-state index in [0.717, 1.165) is 16.5 Å². The highest BCUT2D eigenvalue weighted by Crippen LogP contribution is 2.30. The monoisotopic (exact) mass is 511 g/mol. The first-order valence-corrected chi connectivity index (χ1v) is 13.2. The first kappa shape index (κ1) is 27.3. The number of aryl methyl sites for hydroxylation is 2. The number of esters is 1. The summed E-state index contributed by atoms with van der Waals surface area (Å²) in [5.74, 6) is 0.299. The lowest BCUT2D eigenvalue weighted by Gasteiger charge is -2.23. The minimum absolute atomic E-state index is 0.269. The number of amides is 1. The molecule has 3 rings (SSSR count). The molecule has 1 N–H and O–H groups in total. The van der Waals surface area contributed by atoms with Gasteiger partial charge in [0.05, 0.1) is 0 Å². The highest BCUT2D eigenvalue weighted by atomic mass is 32.2. The molecule has 1 atom stereocenters. The van der Waals surface area contributed by atoms with Gasteiger partial charge in [-0.3, -0.25) is 0 Å². The van der Waals surface area contributed by atoms with E-state index >= 15 is 0 Å². The highest BCUT2D eigenvalue weighted by molar-refractivity contribution is 7.98. The number of nitrogens with one attached hydrogen (secondary N) is 1. The average molecular weight is 512 g/mol. The largest absolute Gasteiger partial charge is 0.444 e. The summed E-state index contributed by atoms with van der Waals surface area (Å²) in [6.07, 6.45) is 2.07. The lowest BCUT2D eigenvalue weighted by molar-refractivity contribution is -0.136. The van der Waals surface area contributed by atoms with Gasteiger partial charge in [0, 0.05) is 22.9 Å². The fraction of sp³-hybridized carbons (Fsp3) is 0.393. The summed E-state index contributed by atoms with van der Waals surface area (Å²) in [4.78, 5) is 38.1. The van der Waals surface area contributed by atoms with Crippen LogP contribution in [0.15, 0.2) is 51.7 Å². The van der Waals surface area contributed by atoms with Crippen molar-refractivity contribution in [2.75, 3.05) is 12.0 Å². The summed E-state index contributed by atoms with van der Waals surface area (Å²) in [6.45, 7) is 8.89. The van der Waals surface area contributed by atoms with E-state index in [4.69, 9.17) is 13.9 Å². The van der Waals surface area contributed by atoms with Crippen LogP contribution in [-0.4, -0.2) is 35.7 Å². The SMILES string of the molecule is CSCC[C@@H](NC(=O)OC(C)(C)C)C(=O)Oc1ccc2c(C)c(Cc3ccccc3)c(=O)oc2c1C. The number of benzene rings is 2. The van der Waals surface area contributed by atoms with Crippen LogP contribution < -0.4 is 15.7 Å². The van der Waals surface area contributed by atoms with E-state index in [0.29, 0.717) is 35.3 Å². The second kappa shape index (κ2) is 11.6. The second-order valence-electron chi connectivity index (χ2n) is 9.62. The van der Waals surface area contributed by atoms with Gasteiger partial charge >= 0.3 is 17.7 Å². The fourth-order valence-corrected chi connectivity index (χ4v) is 4.27. The lowest BCUT2D eigenvalue weighted by Crippen LogP contribution is -2.45. The number of fused-ring (bicyclic) bond motifs is 1. The third-order valence-electron chi connectivity index (χ3n) is 5.67. The van der Waals surface area contributed by atoms with E-state index < -0.39 is 29.3 Å². The Balaban J connectivity index is 1.87. The van der Waals surface area contributed by atoms with Crippen molar-refractivity contribution in [2.45, 2.75) is 59.1 Å². The molecule has 1 amide bonds. The Morgan fingerprint density at radius 2 is 1.75 bits per heavy atom. The molecule has 8 heteroatoms. The zero-order valence-electron chi connectivity index (χ0n) is 21.6. The number of alkyl carbamates (subject to hydrolysis) is 1. The van der Waals surface area contributed by atoms with Crippen LogP contribution in [0.4, 0.5) is 4.79 Å². The van der Waals surface area contributed by atoms with Crippen molar-refractivity contribution in [2.24, 2.45) is 0 Å². The number of hydrogen-bond donors (Lipinski definition) is 1. The molecule has 0 radical (unpaired) electrons. The van der Waals surface area contributed by atoms with Crippen LogP contribution >= 0.6 is 11.8 Å². The number of hydrogen-bond acceptors (Lipinski definition) is 7. The van der Waals surface area contributed by atoms with Gasteiger partial charge in [0.2, 0.25) is 0 Å². The van der Waals surface area contributed by atoms with Gasteiger partial charge in [0.15, 0.2) is 0 Å². The summed E-state index contributed by atoms with van der Waals surface area (Å²) in [6, 6.07) is 12.3. The molecule has 0 fully saturated rings. The Labute approximate surface area is 215 Å². The smallest absolute Gasteiger partial charge is 0.408 e. The number of thioether (sulfide) groups is 1. The molecule has 1 heterocycles. The Kier molecular flexibility index (Phi) is 8.84. The van der Waals surface area contributed by atoms with E-state index in [2.05, 4.69) is 5.32 Å². The molecule has 0 aliphatic rings. The van der Waals surface area contributed by atoms with Gasteiger partial charge in [-0.05, 0) is 76.3 Å². The van der Waals surface area contributed by atoms with Crippen LogP contribution in [0.2, 0.25) is 0 Å². The quantitative estimate of drug-likeness (QED) is 0.241. The first-order chi connectivity index (χ1) is 17.0. The van der Waals surface area contributed by atoms with Crippen LogP contribution in [0.25, 0.3) is 11.0 Å². The molecule has 192 valence electrons. The maximum absolute atomic E-state index is 13.0. The van der Waals surface area contributed by atoms with E-state index in [1.54, 1.807) is 51.6 Å². The van der Waals surface area contributed by atoms with Crippen LogP contribution in [0.1, 0.15) is 49.4 Å². The van der Waals surface area contributed by atoms with Gasteiger partial charge in [-0.1, -0.05) is 30.3 Å². The predicted octanol–water partition coefficient (Wildman–Crippen LogP) is 5.55. The molecule has 3 aromatic rings. The molecule has 0 aliphatic heterocycles. The maximum Gasteiger partial charge on any atom is 0.408 e. The van der Waals surface area contributed by atoms with Crippen molar-refractivity contribution in [3.63, 3.8) is 0 Å². The van der Waals surface area contributed by atoms with Crippen LogP contribution in [0.3, 0.4) is 0 Å². The Morgan fingerprint density at radius 1 is 1.06 bits per heavy atom. The fourth-order valence-electron chi connectivity index (χ4n) is 3.80. The normalized spacial score (nSPS) is 12.3. The van der Waals surface area contributed by atoms with Crippen molar-refractivity contribution in [1.29, 1.82) is 0 Å². The second-order valence-corrected chi connectivity index (χ2v) is 10.6. The van der Waals surface area contributed by atoms with Crippen molar-refractivity contribution >= 4 is 34.8 Å². The number of rotatable bonds is 8. The molecular weight excluding hydrogens is 478 g/mol. The zero-order valence-corrected chi connectivity index (χ0v) is 22.4. The first-order valence-electron chi connectivity index (χ1n) is 11.8. The van der Waals surface area contributed by atoms with Gasteiger partial charge in [-0.15, -0.1) is 0 Å². The Bertz CT molecular complexity index is 1290. The Morgan fingerprint density at radius 3 is 2.39 bits per heavy atom. The molecule has 0 bridgehead atoms. The van der Waals surface area contributed by atoms with Crippen molar-refractivity contribution in [1.82, 2.24) is 5.32 Å². The third-order valence-corrected chi connectivity index (χ3v) is 6.32. The molecule has 0 spiro atoms.